The van der Waals surface area contributed by atoms with Crippen molar-refractivity contribution in [2.75, 3.05) is 6.54 Å². The first-order chi connectivity index (χ1) is 11.1. The smallest absolute Gasteiger partial charge is 0.159 e. The highest BCUT2D eigenvalue weighted by Gasteiger charge is 2.12. The maximum atomic E-state index is 11.6. The number of imidazole rings is 1. The number of hydrogen-bond donors (Lipinski definition) is 1. The van der Waals surface area contributed by atoms with E-state index in [1.807, 2.05) is 18.2 Å². The minimum Gasteiger partial charge on any atom is -0.330 e. The van der Waals surface area contributed by atoms with Crippen LogP contribution >= 0.6 is 0 Å². The van der Waals surface area contributed by atoms with Gasteiger partial charge in [-0.15, -0.1) is 0 Å². The second kappa shape index (κ2) is 6.34. The lowest BCUT2D eigenvalue weighted by Crippen LogP contribution is -2.03. The Morgan fingerprint density at radius 2 is 1.91 bits per heavy atom. The summed E-state index contributed by atoms with van der Waals surface area (Å²) in [6.45, 7) is 4.32. The van der Waals surface area contributed by atoms with Gasteiger partial charge >= 0.3 is 0 Å². The summed E-state index contributed by atoms with van der Waals surface area (Å²) in [5.74, 6) is 1.05. The number of nitrogens with zero attached hydrogens (tertiary/aromatic N) is 2. The van der Waals surface area contributed by atoms with E-state index in [0.717, 1.165) is 35.4 Å². The summed E-state index contributed by atoms with van der Waals surface area (Å²) >= 11 is 0. The van der Waals surface area contributed by atoms with Crippen molar-refractivity contribution in [3.63, 3.8) is 0 Å². The number of ketones is 1. The number of Topliss-reactive ketones (excluding diaryl/α,β-unsaturated/α-hetero) is 1. The number of nitrogens with two attached hydrogens (primary N) is 1. The summed E-state index contributed by atoms with van der Waals surface area (Å²) < 4.78 is 2.16. The van der Waals surface area contributed by atoms with Crippen LogP contribution in [0.2, 0.25) is 0 Å². The maximum Gasteiger partial charge on any atom is 0.159 e. The molecule has 2 N–H and O–H groups in total. The number of aryl methyl sites for hydroxylation is 1. The van der Waals surface area contributed by atoms with Crippen LogP contribution in [0.1, 0.15) is 35.6 Å². The minimum atomic E-state index is 0.0608. The third-order valence-electron chi connectivity index (χ3n) is 4.07. The van der Waals surface area contributed by atoms with Gasteiger partial charge in [0.1, 0.15) is 5.82 Å². The Hall–Kier alpha value is -2.46. The number of carbonyl (C=O) groups is 1. The Bertz CT molecular complexity index is 847. The van der Waals surface area contributed by atoms with Gasteiger partial charge in [0, 0.05) is 17.7 Å². The van der Waals surface area contributed by atoms with Gasteiger partial charge < -0.3 is 5.73 Å². The van der Waals surface area contributed by atoms with Gasteiger partial charge in [-0.2, -0.15) is 0 Å². The van der Waals surface area contributed by atoms with Crippen molar-refractivity contribution < 1.29 is 4.79 Å². The van der Waals surface area contributed by atoms with Crippen molar-refractivity contribution in [3.05, 3.63) is 59.4 Å². The van der Waals surface area contributed by atoms with Crippen LogP contribution < -0.4 is 5.73 Å². The third kappa shape index (κ3) is 2.90. The van der Waals surface area contributed by atoms with Gasteiger partial charge in [0.2, 0.25) is 0 Å². The molecule has 0 amide bonds. The molecule has 0 fully saturated rings. The molecule has 0 unspecified atom stereocenters. The van der Waals surface area contributed by atoms with Crippen molar-refractivity contribution >= 4 is 16.8 Å². The molecule has 0 radical (unpaired) electrons. The molecular weight excluding hydrogens is 286 g/mol. The summed E-state index contributed by atoms with van der Waals surface area (Å²) in [5, 5.41) is 0. The summed E-state index contributed by atoms with van der Waals surface area (Å²) in [4.78, 5) is 16.3. The second-order valence-electron chi connectivity index (χ2n) is 5.68. The number of aromatic nitrogens is 2. The average Bonchev–Trinajstić information content (AvgIpc) is 2.93. The molecule has 1 heterocycles. The molecule has 23 heavy (non-hydrogen) atoms. The first-order valence-electron chi connectivity index (χ1n) is 7.95. The molecule has 1 aromatic heterocycles. The highest BCUT2D eigenvalue weighted by molar-refractivity contribution is 5.97. The summed E-state index contributed by atoms with van der Waals surface area (Å²) in [6, 6.07) is 14.1. The van der Waals surface area contributed by atoms with Crippen molar-refractivity contribution in [1.82, 2.24) is 9.55 Å². The molecule has 3 aromatic rings. The zero-order valence-electron chi connectivity index (χ0n) is 13.5. The molecule has 0 atom stereocenters. The van der Waals surface area contributed by atoms with E-state index >= 15 is 0 Å². The average molecular weight is 307 g/mol. The monoisotopic (exact) mass is 307 g/mol. The number of benzene rings is 2. The quantitative estimate of drug-likeness (QED) is 0.736. The first kappa shape index (κ1) is 15.4. The molecule has 0 saturated heterocycles. The lowest BCUT2D eigenvalue weighted by Gasteiger charge is -2.09. The molecule has 4 heteroatoms. The number of carbonyl (C=O) groups excluding carboxylic acids is 1. The second-order valence-corrected chi connectivity index (χ2v) is 5.68. The van der Waals surface area contributed by atoms with Crippen LogP contribution in [0, 0.1) is 0 Å². The Kier molecular flexibility index (Phi) is 4.26. The van der Waals surface area contributed by atoms with E-state index in [9.17, 15) is 4.79 Å². The predicted octanol–water partition coefficient (Wildman–Crippen LogP) is 3.29. The summed E-state index contributed by atoms with van der Waals surface area (Å²) in [6.07, 6.45) is 1.71. The van der Waals surface area contributed by atoms with E-state index in [-0.39, 0.29) is 5.78 Å². The van der Waals surface area contributed by atoms with Crippen LogP contribution in [0.5, 0.6) is 0 Å². The molecule has 0 aliphatic rings. The fourth-order valence-corrected chi connectivity index (χ4v) is 2.85. The first-order valence-corrected chi connectivity index (χ1v) is 7.95. The zero-order chi connectivity index (χ0) is 16.4. The molecule has 0 bridgehead atoms. The number of fused-ring (bicyclic) bond motifs is 1. The maximum absolute atomic E-state index is 11.6. The summed E-state index contributed by atoms with van der Waals surface area (Å²) in [5.41, 5.74) is 10.5. The summed E-state index contributed by atoms with van der Waals surface area (Å²) in [7, 11) is 0. The number of hydrogen-bond acceptors (Lipinski definition) is 3. The SMILES string of the molecule is CCc1nc2cc(C(C)=O)ccc2n1-c1ccc(CCN)cc1. The van der Waals surface area contributed by atoms with Crippen molar-refractivity contribution in [1.29, 1.82) is 0 Å². The Morgan fingerprint density at radius 1 is 1.17 bits per heavy atom. The Morgan fingerprint density at radius 3 is 2.52 bits per heavy atom. The van der Waals surface area contributed by atoms with Gasteiger partial charge in [0.05, 0.1) is 11.0 Å². The van der Waals surface area contributed by atoms with Gasteiger partial charge in [-0.05, 0) is 55.8 Å². The molecule has 0 aliphatic heterocycles. The Balaban J connectivity index is 2.13. The van der Waals surface area contributed by atoms with Crippen LogP contribution in [0.15, 0.2) is 42.5 Å². The molecule has 2 aromatic carbocycles. The predicted molar refractivity (Wildman–Crippen MR) is 93.2 cm³/mol. The van der Waals surface area contributed by atoms with Crippen LogP contribution in [-0.2, 0) is 12.8 Å². The van der Waals surface area contributed by atoms with Crippen molar-refractivity contribution in [3.8, 4) is 5.69 Å². The molecule has 0 aliphatic carbocycles. The van der Waals surface area contributed by atoms with Gasteiger partial charge in [0.15, 0.2) is 5.78 Å². The van der Waals surface area contributed by atoms with Gasteiger partial charge in [-0.3, -0.25) is 9.36 Å². The number of rotatable bonds is 5. The van der Waals surface area contributed by atoms with Crippen LogP contribution in [0.25, 0.3) is 16.7 Å². The third-order valence-corrected chi connectivity index (χ3v) is 4.07. The lowest BCUT2D eigenvalue weighted by atomic mass is 10.1. The minimum absolute atomic E-state index is 0.0608. The van der Waals surface area contributed by atoms with E-state index in [4.69, 9.17) is 10.7 Å². The highest BCUT2D eigenvalue weighted by atomic mass is 16.1. The van der Waals surface area contributed by atoms with Gasteiger partial charge in [-0.25, -0.2) is 4.98 Å². The van der Waals surface area contributed by atoms with Crippen LogP contribution in [0.4, 0.5) is 0 Å². The topological polar surface area (TPSA) is 60.9 Å². The molecular formula is C19H21N3O. The lowest BCUT2D eigenvalue weighted by molar-refractivity contribution is 0.101. The fraction of sp³-hybridized carbons (Fsp3) is 0.263. The standard InChI is InChI=1S/C19H21N3O/c1-3-19-21-17-12-15(13(2)23)6-9-18(17)22(19)16-7-4-14(5-8-16)10-11-20/h4-9,12H,3,10-11,20H2,1-2H3. The van der Waals surface area contributed by atoms with E-state index < -0.39 is 0 Å². The van der Waals surface area contributed by atoms with E-state index in [0.29, 0.717) is 12.1 Å². The normalized spacial score (nSPS) is 11.1. The Labute approximate surface area is 136 Å². The molecule has 0 spiro atoms. The van der Waals surface area contributed by atoms with E-state index in [1.54, 1.807) is 6.92 Å². The van der Waals surface area contributed by atoms with Gasteiger partial charge in [-0.1, -0.05) is 19.1 Å². The highest BCUT2D eigenvalue weighted by Crippen LogP contribution is 2.23. The fourth-order valence-electron chi connectivity index (χ4n) is 2.85. The van der Waals surface area contributed by atoms with Crippen LogP contribution in [0.3, 0.4) is 0 Å². The molecule has 0 saturated carbocycles. The van der Waals surface area contributed by atoms with Crippen molar-refractivity contribution in [2.45, 2.75) is 26.7 Å². The van der Waals surface area contributed by atoms with Crippen molar-refractivity contribution in [2.24, 2.45) is 5.73 Å². The molecule has 4 nitrogen and oxygen atoms in total. The molecule has 3 rings (SSSR count). The molecule has 118 valence electrons. The largest absolute Gasteiger partial charge is 0.330 e. The van der Waals surface area contributed by atoms with Crippen LogP contribution in [-0.4, -0.2) is 21.9 Å². The zero-order valence-corrected chi connectivity index (χ0v) is 13.5. The van der Waals surface area contributed by atoms with Gasteiger partial charge in [0.25, 0.3) is 0 Å². The van der Waals surface area contributed by atoms with E-state index in [1.165, 1.54) is 5.56 Å². The van der Waals surface area contributed by atoms with E-state index in [2.05, 4.69) is 35.8 Å².